The molecular formula is C12H24N2S2. The molecule has 0 saturated carbocycles. The lowest BCUT2D eigenvalue weighted by molar-refractivity contribution is 0.466. The van der Waals surface area contributed by atoms with E-state index >= 15 is 0 Å². The summed E-state index contributed by atoms with van der Waals surface area (Å²) in [6, 6.07) is 0.501. The molecule has 16 heavy (non-hydrogen) atoms. The van der Waals surface area contributed by atoms with Gasteiger partial charge in [0.05, 0.1) is 0 Å². The first kappa shape index (κ1) is 14.4. The molecule has 2 unspecified atom stereocenters. The molecule has 94 valence electrons. The van der Waals surface area contributed by atoms with Crippen molar-refractivity contribution in [2.75, 3.05) is 17.3 Å². The zero-order chi connectivity index (χ0) is 11.6. The van der Waals surface area contributed by atoms with Crippen molar-refractivity contribution >= 4 is 23.5 Å². The Balaban J connectivity index is 2.12. The Bertz CT molecular complexity index is 182. The van der Waals surface area contributed by atoms with Crippen LogP contribution in [0.2, 0.25) is 0 Å². The predicted octanol–water partition coefficient (Wildman–Crippen LogP) is 2.80. The number of hydrogen-bond acceptors (Lipinski definition) is 4. The van der Waals surface area contributed by atoms with Gasteiger partial charge in [-0.15, -0.1) is 6.58 Å². The second-order valence-corrected chi connectivity index (χ2v) is 6.68. The van der Waals surface area contributed by atoms with Gasteiger partial charge in [-0.3, -0.25) is 11.3 Å². The largest absolute Gasteiger partial charge is 0.271 e. The standard InChI is InChI=1S/C12H24N2S2/c1-2-3-4-5-6-7-11(14-13)12-10-15-8-9-16-12/h2,11-12,14H,1,3-10,13H2. The first-order valence-corrected chi connectivity index (χ1v) is 8.35. The van der Waals surface area contributed by atoms with Crippen LogP contribution in [-0.4, -0.2) is 28.6 Å². The van der Waals surface area contributed by atoms with Crippen LogP contribution in [0.25, 0.3) is 0 Å². The summed E-state index contributed by atoms with van der Waals surface area (Å²) in [7, 11) is 0. The molecule has 1 rings (SSSR count). The molecule has 0 spiro atoms. The van der Waals surface area contributed by atoms with Gasteiger partial charge < -0.3 is 0 Å². The van der Waals surface area contributed by atoms with Gasteiger partial charge in [-0.05, 0) is 19.3 Å². The topological polar surface area (TPSA) is 38.0 Å². The molecule has 0 radical (unpaired) electrons. The lowest BCUT2D eigenvalue weighted by Crippen LogP contribution is -2.44. The number of rotatable bonds is 8. The molecule has 0 aliphatic carbocycles. The van der Waals surface area contributed by atoms with Gasteiger partial charge in [0, 0.05) is 28.6 Å². The number of nitrogens with two attached hydrogens (primary N) is 1. The maximum atomic E-state index is 5.66. The zero-order valence-electron chi connectivity index (χ0n) is 9.99. The van der Waals surface area contributed by atoms with E-state index in [1.165, 1.54) is 42.9 Å². The highest BCUT2D eigenvalue weighted by atomic mass is 32.2. The van der Waals surface area contributed by atoms with Crippen molar-refractivity contribution in [1.82, 2.24) is 5.43 Å². The van der Waals surface area contributed by atoms with E-state index in [4.69, 9.17) is 5.84 Å². The lowest BCUT2D eigenvalue weighted by Gasteiger charge is -2.29. The van der Waals surface area contributed by atoms with Gasteiger partial charge in [-0.1, -0.05) is 18.9 Å². The Morgan fingerprint density at radius 1 is 1.38 bits per heavy atom. The van der Waals surface area contributed by atoms with E-state index in [0.29, 0.717) is 11.3 Å². The zero-order valence-corrected chi connectivity index (χ0v) is 11.6. The van der Waals surface area contributed by atoms with E-state index in [1.54, 1.807) is 0 Å². The summed E-state index contributed by atoms with van der Waals surface area (Å²) in [5.74, 6) is 9.50. The van der Waals surface area contributed by atoms with Crippen LogP contribution in [0.1, 0.15) is 32.1 Å². The minimum atomic E-state index is 0.501. The molecule has 1 saturated heterocycles. The summed E-state index contributed by atoms with van der Waals surface area (Å²) in [5, 5.41) is 0.711. The SMILES string of the molecule is C=CCCCCCC(NN)C1CSCCS1. The molecule has 0 amide bonds. The fourth-order valence-corrected chi connectivity index (χ4v) is 4.86. The molecule has 3 N–H and O–H groups in total. The average Bonchev–Trinajstić information content (AvgIpc) is 2.35. The molecule has 0 aromatic heterocycles. The number of nitrogens with one attached hydrogen (secondary N) is 1. The fraction of sp³-hybridized carbons (Fsp3) is 0.833. The maximum absolute atomic E-state index is 5.66. The predicted molar refractivity (Wildman–Crippen MR) is 78.0 cm³/mol. The van der Waals surface area contributed by atoms with Crippen LogP contribution in [-0.2, 0) is 0 Å². The molecular weight excluding hydrogens is 236 g/mol. The van der Waals surface area contributed by atoms with E-state index in [2.05, 4.69) is 35.5 Å². The smallest absolute Gasteiger partial charge is 0.0337 e. The maximum Gasteiger partial charge on any atom is 0.0337 e. The van der Waals surface area contributed by atoms with Gasteiger partial charge in [0.2, 0.25) is 0 Å². The summed E-state index contributed by atoms with van der Waals surface area (Å²) in [5.41, 5.74) is 3.01. The number of allylic oxidation sites excluding steroid dienone is 1. The highest BCUT2D eigenvalue weighted by molar-refractivity contribution is 8.06. The number of unbranched alkanes of at least 4 members (excludes halogenated alkanes) is 3. The molecule has 0 bridgehead atoms. The Morgan fingerprint density at radius 2 is 2.25 bits per heavy atom. The molecule has 0 aromatic rings. The Kier molecular flexibility index (Phi) is 8.47. The van der Waals surface area contributed by atoms with Crippen LogP contribution >= 0.6 is 23.5 Å². The first-order valence-electron chi connectivity index (χ1n) is 6.15. The van der Waals surface area contributed by atoms with Crippen molar-refractivity contribution in [2.24, 2.45) is 5.84 Å². The van der Waals surface area contributed by atoms with Gasteiger partial charge in [0.25, 0.3) is 0 Å². The van der Waals surface area contributed by atoms with Crippen molar-refractivity contribution in [2.45, 2.75) is 43.4 Å². The van der Waals surface area contributed by atoms with Crippen LogP contribution in [0.3, 0.4) is 0 Å². The molecule has 1 aliphatic heterocycles. The summed E-state index contributed by atoms with van der Waals surface area (Å²) in [6.07, 6.45) is 8.22. The summed E-state index contributed by atoms with van der Waals surface area (Å²) < 4.78 is 0. The molecule has 4 heteroatoms. The number of hydrazine groups is 1. The molecule has 1 aliphatic rings. The van der Waals surface area contributed by atoms with Gasteiger partial charge in [0.1, 0.15) is 0 Å². The Morgan fingerprint density at radius 3 is 2.88 bits per heavy atom. The van der Waals surface area contributed by atoms with Gasteiger partial charge in [-0.2, -0.15) is 23.5 Å². The average molecular weight is 260 g/mol. The number of hydrogen-bond donors (Lipinski definition) is 2. The van der Waals surface area contributed by atoms with E-state index in [1.807, 2.05) is 6.08 Å². The van der Waals surface area contributed by atoms with Gasteiger partial charge in [-0.25, -0.2) is 0 Å². The molecule has 2 atom stereocenters. The van der Waals surface area contributed by atoms with E-state index in [-0.39, 0.29) is 0 Å². The Hall–Kier alpha value is 0.360. The van der Waals surface area contributed by atoms with Gasteiger partial charge in [0.15, 0.2) is 0 Å². The monoisotopic (exact) mass is 260 g/mol. The summed E-state index contributed by atoms with van der Waals surface area (Å²) in [4.78, 5) is 0. The van der Waals surface area contributed by atoms with Crippen LogP contribution in [0.5, 0.6) is 0 Å². The normalized spacial score (nSPS) is 22.9. The first-order chi connectivity index (χ1) is 7.88. The molecule has 1 heterocycles. The second kappa shape index (κ2) is 9.40. The van der Waals surface area contributed by atoms with Crippen LogP contribution < -0.4 is 11.3 Å². The van der Waals surface area contributed by atoms with Crippen molar-refractivity contribution in [1.29, 1.82) is 0 Å². The summed E-state index contributed by atoms with van der Waals surface area (Å²) in [6.45, 7) is 3.74. The van der Waals surface area contributed by atoms with Crippen molar-refractivity contribution < 1.29 is 0 Å². The fourth-order valence-electron chi connectivity index (χ4n) is 1.94. The molecule has 0 aromatic carbocycles. The van der Waals surface area contributed by atoms with Crippen molar-refractivity contribution in [3.63, 3.8) is 0 Å². The lowest BCUT2D eigenvalue weighted by atomic mass is 10.1. The van der Waals surface area contributed by atoms with E-state index in [9.17, 15) is 0 Å². The van der Waals surface area contributed by atoms with Crippen LogP contribution in [0, 0.1) is 0 Å². The quantitative estimate of drug-likeness (QED) is 0.305. The van der Waals surface area contributed by atoms with Crippen molar-refractivity contribution in [3.05, 3.63) is 12.7 Å². The van der Waals surface area contributed by atoms with E-state index < -0.39 is 0 Å². The minimum Gasteiger partial charge on any atom is -0.271 e. The van der Waals surface area contributed by atoms with Crippen LogP contribution in [0.15, 0.2) is 12.7 Å². The van der Waals surface area contributed by atoms with Gasteiger partial charge >= 0.3 is 0 Å². The third-order valence-electron chi connectivity index (χ3n) is 2.93. The molecule has 1 fully saturated rings. The summed E-state index contributed by atoms with van der Waals surface area (Å²) >= 11 is 4.15. The number of thioether (sulfide) groups is 2. The Labute approximate surface area is 108 Å². The van der Waals surface area contributed by atoms with E-state index in [0.717, 1.165) is 6.42 Å². The van der Waals surface area contributed by atoms with Crippen molar-refractivity contribution in [3.8, 4) is 0 Å². The van der Waals surface area contributed by atoms with Crippen LogP contribution in [0.4, 0.5) is 0 Å². The highest BCUT2D eigenvalue weighted by Crippen LogP contribution is 2.28. The third kappa shape index (κ3) is 5.62. The highest BCUT2D eigenvalue weighted by Gasteiger charge is 2.22. The second-order valence-electron chi connectivity index (χ2n) is 4.18. The minimum absolute atomic E-state index is 0.501. The molecule has 2 nitrogen and oxygen atoms in total. The third-order valence-corrected chi connectivity index (χ3v) is 5.85.